The molecule has 2 fully saturated rings. The molecule has 0 unspecified atom stereocenters. The Morgan fingerprint density at radius 2 is 1.73 bits per heavy atom. The monoisotopic (exact) mass is 363 g/mol. The number of halogens is 2. The molecule has 2 heterocycles. The first-order valence-electron chi connectivity index (χ1n) is 9.32. The van der Waals surface area contributed by atoms with E-state index < -0.39 is 17.7 Å². The van der Waals surface area contributed by atoms with E-state index in [2.05, 4.69) is 5.10 Å². The highest BCUT2D eigenvalue weighted by atomic mass is 19.1. The lowest BCUT2D eigenvalue weighted by molar-refractivity contribution is -0.0910. The van der Waals surface area contributed by atoms with Gasteiger partial charge in [0.15, 0.2) is 0 Å². The highest BCUT2D eigenvalue weighted by Crippen LogP contribution is 2.32. The first-order valence-corrected chi connectivity index (χ1v) is 9.32. The largest absolute Gasteiger partial charge is 0.371 e. The van der Waals surface area contributed by atoms with E-state index in [-0.39, 0.29) is 12.1 Å². The van der Waals surface area contributed by atoms with E-state index in [1.807, 2.05) is 0 Å². The molecule has 5 nitrogen and oxygen atoms in total. The van der Waals surface area contributed by atoms with Crippen molar-refractivity contribution in [3.05, 3.63) is 35.4 Å². The van der Waals surface area contributed by atoms with Gasteiger partial charge in [0.05, 0.1) is 31.3 Å². The number of ether oxygens (including phenoxy) is 1. The number of hydrogen-bond donors (Lipinski definition) is 0. The molecule has 1 saturated heterocycles. The van der Waals surface area contributed by atoms with Gasteiger partial charge in [-0.1, -0.05) is 19.3 Å². The first-order chi connectivity index (χ1) is 12.6. The molecule has 1 saturated carbocycles. The summed E-state index contributed by atoms with van der Waals surface area (Å²) >= 11 is 0. The number of benzene rings is 1. The summed E-state index contributed by atoms with van der Waals surface area (Å²) in [5.74, 6) is -1.30. The van der Waals surface area contributed by atoms with Crippen molar-refractivity contribution >= 4 is 12.2 Å². The van der Waals surface area contributed by atoms with E-state index >= 15 is 0 Å². The second kappa shape index (κ2) is 7.31. The Bertz CT molecular complexity index is 680. The number of rotatable bonds is 3. The molecule has 0 aromatic heterocycles. The van der Waals surface area contributed by atoms with Gasteiger partial charge in [-0.15, -0.1) is 0 Å². The van der Waals surface area contributed by atoms with Gasteiger partial charge in [-0.3, -0.25) is 0 Å². The van der Waals surface area contributed by atoms with Crippen LogP contribution in [0.4, 0.5) is 13.6 Å². The van der Waals surface area contributed by atoms with Gasteiger partial charge in [0, 0.05) is 18.7 Å². The molecule has 0 radical (unpaired) electrons. The van der Waals surface area contributed by atoms with Crippen LogP contribution in [0.2, 0.25) is 0 Å². The third-order valence-corrected chi connectivity index (χ3v) is 5.35. The second-order valence-electron chi connectivity index (χ2n) is 7.30. The third kappa shape index (κ3) is 3.58. The summed E-state index contributed by atoms with van der Waals surface area (Å²) in [6.07, 6.45) is 8.39. The maximum atomic E-state index is 13.5. The maximum Gasteiger partial charge on any atom is 0.341 e. The van der Waals surface area contributed by atoms with Crippen LogP contribution in [-0.4, -0.2) is 47.5 Å². The van der Waals surface area contributed by atoms with Crippen LogP contribution in [0.1, 0.15) is 50.1 Å². The van der Waals surface area contributed by atoms with Crippen molar-refractivity contribution in [1.82, 2.24) is 9.91 Å². The summed E-state index contributed by atoms with van der Waals surface area (Å²) in [4.78, 5) is 14.4. The molecule has 26 heavy (non-hydrogen) atoms. The van der Waals surface area contributed by atoms with Gasteiger partial charge < -0.3 is 9.64 Å². The quantitative estimate of drug-likeness (QED) is 0.819. The van der Waals surface area contributed by atoms with E-state index in [9.17, 15) is 13.6 Å². The fourth-order valence-corrected chi connectivity index (χ4v) is 3.94. The Hall–Kier alpha value is -2.02. The normalized spacial score (nSPS) is 24.2. The predicted octanol–water partition coefficient (Wildman–Crippen LogP) is 3.85. The van der Waals surface area contributed by atoms with Crippen LogP contribution in [0.25, 0.3) is 0 Å². The van der Waals surface area contributed by atoms with Crippen molar-refractivity contribution in [3.63, 3.8) is 0 Å². The van der Waals surface area contributed by atoms with Crippen molar-refractivity contribution in [3.8, 4) is 0 Å². The second-order valence-corrected chi connectivity index (χ2v) is 7.30. The number of hydrogen-bond acceptors (Lipinski definition) is 3. The number of amides is 2. The lowest BCUT2D eigenvalue weighted by Crippen LogP contribution is -2.58. The van der Waals surface area contributed by atoms with Crippen LogP contribution in [0.15, 0.2) is 23.3 Å². The SMILES string of the molecule is O=C(N1CC(OC2CCCCC2)C1)N1N=CC[C@H]1c1cc(F)cc(F)c1. The standard InChI is InChI=1S/C19H23F2N3O2/c20-14-8-13(9-15(21)10-14)18-6-7-22-24(18)19(25)23-11-17(12-23)26-16-4-2-1-3-5-16/h7-10,16-18H,1-6,11-12H2/t18-/m0/s1. The maximum absolute atomic E-state index is 13.5. The summed E-state index contributed by atoms with van der Waals surface area (Å²) in [7, 11) is 0. The van der Waals surface area contributed by atoms with Crippen LogP contribution < -0.4 is 0 Å². The average molecular weight is 363 g/mol. The van der Waals surface area contributed by atoms with E-state index in [0.29, 0.717) is 31.2 Å². The van der Waals surface area contributed by atoms with E-state index in [4.69, 9.17) is 4.74 Å². The van der Waals surface area contributed by atoms with Crippen molar-refractivity contribution < 1.29 is 18.3 Å². The van der Waals surface area contributed by atoms with Crippen LogP contribution in [0, 0.1) is 11.6 Å². The van der Waals surface area contributed by atoms with Gasteiger partial charge in [-0.2, -0.15) is 5.10 Å². The van der Waals surface area contributed by atoms with Crippen molar-refractivity contribution in [1.29, 1.82) is 0 Å². The highest BCUT2D eigenvalue weighted by Gasteiger charge is 2.39. The van der Waals surface area contributed by atoms with Crippen LogP contribution in [0.5, 0.6) is 0 Å². The summed E-state index contributed by atoms with van der Waals surface area (Å²) < 4.78 is 33.1. The van der Waals surface area contributed by atoms with Gasteiger partial charge in [0.25, 0.3) is 0 Å². The minimum absolute atomic E-state index is 0.0821. The zero-order chi connectivity index (χ0) is 18.1. The molecule has 1 aromatic rings. The van der Waals surface area contributed by atoms with Crippen molar-refractivity contribution in [2.24, 2.45) is 5.10 Å². The molecule has 4 rings (SSSR count). The van der Waals surface area contributed by atoms with Gasteiger partial charge in [0.1, 0.15) is 11.6 Å². The Balaban J connectivity index is 1.35. The predicted molar refractivity (Wildman–Crippen MR) is 92.8 cm³/mol. The van der Waals surface area contributed by atoms with Crippen LogP contribution >= 0.6 is 0 Å². The molecule has 1 atom stereocenters. The number of nitrogens with zero attached hydrogens (tertiary/aromatic N) is 3. The van der Waals surface area contributed by atoms with Gasteiger partial charge in [-0.25, -0.2) is 18.6 Å². The molecular formula is C19H23F2N3O2. The Morgan fingerprint density at radius 1 is 1.04 bits per heavy atom. The topological polar surface area (TPSA) is 45.1 Å². The zero-order valence-corrected chi connectivity index (χ0v) is 14.6. The van der Waals surface area contributed by atoms with Crippen molar-refractivity contribution in [2.75, 3.05) is 13.1 Å². The number of likely N-dealkylation sites (tertiary alicyclic amines) is 1. The lowest BCUT2D eigenvalue weighted by Gasteiger charge is -2.42. The third-order valence-electron chi connectivity index (χ3n) is 5.35. The number of urea groups is 1. The average Bonchev–Trinajstić information content (AvgIpc) is 3.07. The first kappa shape index (κ1) is 17.4. The zero-order valence-electron chi connectivity index (χ0n) is 14.6. The van der Waals surface area contributed by atoms with Gasteiger partial charge in [0.2, 0.25) is 0 Å². The van der Waals surface area contributed by atoms with Gasteiger partial charge in [-0.05, 0) is 30.5 Å². The fraction of sp³-hybridized carbons (Fsp3) is 0.579. The Morgan fingerprint density at radius 3 is 2.42 bits per heavy atom. The lowest BCUT2D eigenvalue weighted by atomic mass is 9.97. The summed E-state index contributed by atoms with van der Waals surface area (Å²) in [6.45, 7) is 1.09. The molecule has 0 bridgehead atoms. The smallest absolute Gasteiger partial charge is 0.341 e. The van der Waals surface area contributed by atoms with Crippen molar-refractivity contribution in [2.45, 2.75) is 56.8 Å². The number of hydrazone groups is 1. The van der Waals surface area contributed by atoms with E-state index in [0.717, 1.165) is 18.9 Å². The summed E-state index contributed by atoms with van der Waals surface area (Å²) in [6, 6.07) is 2.64. The Kier molecular flexibility index (Phi) is 4.89. The minimum Gasteiger partial charge on any atom is -0.371 e. The number of carbonyl (C=O) groups is 1. The molecule has 0 N–H and O–H groups in total. The summed E-state index contributed by atoms with van der Waals surface area (Å²) in [5.41, 5.74) is 0.420. The highest BCUT2D eigenvalue weighted by molar-refractivity contribution is 5.79. The molecule has 3 aliphatic rings. The molecule has 2 aliphatic heterocycles. The fourth-order valence-electron chi connectivity index (χ4n) is 3.94. The molecule has 7 heteroatoms. The minimum atomic E-state index is -0.649. The van der Waals surface area contributed by atoms with E-state index in [1.165, 1.54) is 36.4 Å². The summed E-state index contributed by atoms with van der Waals surface area (Å²) in [5, 5.41) is 5.45. The van der Waals surface area contributed by atoms with Crippen LogP contribution in [-0.2, 0) is 4.74 Å². The Labute approximate surface area is 151 Å². The molecule has 2 amide bonds. The molecule has 140 valence electrons. The van der Waals surface area contributed by atoms with E-state index in [1.54, 1.807) is 11.1 Å². The number of carbonyl (C=O) groups excluding carboxylic acids is 1. The molecule has 0 spiro atoms. The molecule has 1 aliphatic carbocycles. The molecular weight excluding hydrogens is 340 g/mol. The van der Waals surface area contributed by atoms with Gasteiger partial charge >= 0.3 is 6.03 Å². The molecule has 1 aromatic carbocycles. The van der Waals surface area contributed by atoms with Crippen LogP contribution in [0.3, 0.4) is 0 Å².